The molecule has 2 amide bonds. The highest BCUT2D eigenvalue weighted by Gasteiger charge is 2.16. The van der Waals surface area contributed by atoms with E-state index in [1.807, 2.05) is 70.2 Å². The van der Waals surface area contributed by atoms with E-state index in [0.29, 0.717) is 0 Å². The Labute approximate surface area is 144 Å². The maximum atomic E-state index is 12.3. The van der Waals surface area contributed by atoms with Crippen LogP contribution in [0.2, 0.25) is 0 Å². The van der Waals surface area contributed by atoms with Crippen molar-refractivity contribution in [2.45, 2.75) is 39.8 Å². The van der Waals surface area contributed by atoms with Crippen molar-refractivity contribution in [3.63, 3.8) is 0 Å². The van der Waals surface area contributed by atoms with Gasteiger partial charge in [-0.15, -0.1) is 0 Å². The van der Waals surface area contributed by atoms with Crippen LogP contribution in [-0.2, 0) is 0 Å². The Kier molecular flexibility index (Phi) is 5.85. The van der Waals surface area contributed by atoms with Crippen LogP contribution < -0.4 is 15.4 Å². The summed E-state index contributed by atoms with van der Waals surface area (Å²) in [6.45, 7) is 8.01. The molecule has 0 aliphatic carbocycles. The number of urea groups is 1. The molecule has 2 N–H and O–H groups in total. The lowest BCUT2D eigenvalue weighted by Gasteiger charge is -2.21. The lowest BCUT2D eigenvalue weighted by atomic mass is 10.0. The summed E-state index contributed by atoms with van der Waals surface area (Å²) in [6.07, 6.45) is 0. The molecule has 2 atom stereocenters. The molecule has 4 heteroatoms. The van der Waals surface area contributed by atoms with Gasteiger partial charge in [-0.2, -0.15) is 0 Å². The summed E-state index contributed by atoms with van der Waals surface area (Å²) >= 11 is 0. The Balaban J connectivity index is 2.04. The number of ether oxygens (including phenoxy) is 1. The van der Waals surface area contributed by atoms with Crippen LogP contribution in [-0.4, -0.2) is 13.1 Å². The summed E-state index contributed by atoms with van der Waals surface area (Å²) in [7, 11) is 1.64. The number of carbonyl (C=O) groups excluding carboxylic acids is 1. The van der Waals surface area contributed by atoms with Crippen molar-refractivity contribution in [3.8, 4) is 5.75 Å². The minimum atomic E-state index is -0.193. The number of benzene rings is 2. The Hall–Kier alpha value is -2.49. The fourth-order valence-corrected chi connectivity index (χ4v) is 2.86. The molecule has 0 aliphatic heterocycles. The van der Waals surface area contributed by atoms with Gasteiger partial charge in [-0.25, -0.2) is 4.79 Å². The number of hydrogen-bond donors (Lipinski definition) is 2. The van der Waals surface area contributed by atoms with Crippen LogP contribution in [0.3, 0.4) is 0 Å². The van der Waals surface area contributed by atoms with Gasteiger partial charge in [0.25, 0.3) is 0 Å². The smallest absolute Gasteiger partial charge is 0.315 e. The summed E-state index contributed by atoms with van der Waals surface area (Å²) in [5.41, 5.74) is 4.39. The van der Waals surface area contributed by atoms with E-state index in [0.717, 1.165) is 22.4 Å². The number of amides is 2. The molecule has 0 bridgehead atoms. The third-order valence-corrected chi connectivity index (χ3v) is 4.20. The van der Waals surface area contributed by atoms with E-state index in [4.69, 9.17) is 4.74 Å². The number of nitrogens with one attached hydrogen (secondary N) is 2. The molecule has 0 unspecified atom stereocenters. The monoisotopic (exact) mass is 326 g/mol. The summed E-state index contributed by atoms with van der Waals surface area (Å²) in [5, 5.41) is 5.99. The van der Waals surface area contributed by atoms with E-state index < -0.39 is 0 Å². The average Bonchev–Trinajstić information content (AvgIpc) is 2.54. The SMILES string of the molecule is COc1ccc(C)cc1[C@H](C)NC(=O)N[C@H](C)c1ccccc1C. The Bertz CT molecular complexity index is 713. The molecular weight excluding hydrogens is 300 g/mol. The molecule has 2 aromatic carbocycles. The maximum absolute atomic E-state index is 12.3. The standard InChI is InChI=1S/C20H26N2O2/c1-13-10-11-19(24-5)18(12-13)16(4)22-20(23)21-15(3)17-9-7-6-8-14(17)2/h6-12,15-16H,1-5H3,(H2,21,22,23)/t15-,16+/m1/s1. The van der Waals surface area contributed by atoms with Crippen molar-refractivity contribution in [1.82, 2.24) is 10.6 Å². The second-order valence-corrected chi connectivity index (χ2v) is 6.16. The minimum absolute atomic E-state index is 0.0576. The van der Waals surface area contributed by atoms with Crippen LogP contribution >= 0.6 is 0 Å². The van der Waals surface area contributed by atoms with Gasteiger partial charge in [0.05, 0.1) is 19.2 Å². The summed E-state index contributed by atoms with van der Waals surface area (Å²) in [4.78, 5) is 12.3. The molecule has 128 valence electrons. The largest absolute Gasteiger partial charge is 0.496 e. The third kappa shape index (κ3) is 4.28. The van der Waals surface area contributed by atoms with Crippen LogP contribution in [0.5, 0.6) is 5.75 Å². The quantitative estimate of drug-likeness (QED) is 0.854. The zero-order valence-electron chi connectivity index (χ0n) is 15.0. The molecular formula is C20H26N2O2. The second kappa shape index (κ2) is 7.86. The van der Waals surface area contributed by atoms with Crippen LogP contribution in [0.15, 0.2) is 42.5 Å². The van der Waals surface area contributed by atoms with E-state index in [2.05, 4.69) is 10.6 Å². The first-order valence-electron chi connectivity index (χ1n) is 8.19. The first-order chi connectivity index (χ1) is 11.4. The Morgan fingerprint density at radius 2 is 1.58 bits per heavy atom. The number of carbonyl (C=O) groups is 1. The third-order valence-electron chi connectivity index (χ3n) is 4.20. The number of rotatable bonds is 5. The average molecular weight is 326 g/mol. The van der Waals surface area contributed by atoms with Crippen LogP contribution in [0.4, 0.5) is 4.79 Å². The van der Waals surface area contributed by atoms with Gasteiger partial charge in [0.2, 0.25) is 0 Å². The molecule has 0 aliphatic rings. The Morgan fingerprint density at radius 1 is 0.958 bits per heavy atom. The van der Waals surface area contributed by atoms with Crippen LogP contribution in [0.1, 0.15) is 48.2 Å². The van der Waals surface area contributed by atoms with Crippen molar-refractivity contribution in [2.24, 2.45) is 0 Å². The van der Waals surface area contributed by atoms with Crippen molar-refractivity contribution in [1.29, 1.82) is 0 Å². The van der Waals surface area contributed by atoms with Gasteiger partial charge in [-0.1, -0.05) is 42.0 Å². The molecule has 4 nitrogen and oxygen atoms in total. The highest BCUT2D eigenvalue weighted by atomic mass is 16.5. The van der Waals surface area contributed by atoms with E-state index >= 15 is 0 Å². The predicted octanol–water partition coefficient (Wildman–Crippen LogP) is 4.43. The number of methoxy groups -OCH3 is 1. The molecule has 0 radical (unpaired) electrons. The molecule has 2 rings (SSSR count). The summed E-state index contributed by atoms with van der Waals surface area (Å²) < 4.78 is 5.40. The molecule has 0 fully saturated rings. The summed E-state index contributed by atoms with van der Waals surface area (Å²) in [6, 6.07) is 13.6. The van der Waals surface area contributed by atoms with E-state index in [-0.39, 0.29) is 18.1 Å². The highest BCUT2D eigenvalue weighted by Crippen LogP contribution is 2.26. The highest BCUT2D eigenvalue weighted by molar-refractivity contribution is 5.75. The second-order valence-electron chi connectivity index (χ2n) is 6.16. The van der Waals surface area contributed by atoms with E-state index in [1.54, 1.807) is 7.11 Å². The van der Waals surface area contributed by atoms with Crippen molar-refractivity contribution >= 4 is 6.03 Å². The molecule has 0 spiro atoms. The first kappa shape index (κ1) is 17.9. The van der Waals surface area contributed by atoms with Gasteiger partial charge >= 0.3 is 6.03 Å². The van der Waals surface area contributed by atoms with Gasteiger partial charge in [0.1, 0.15) is 5.75 Å². The molecule has 0 heterocycles. The minimum Gasteiger partial charge on any atom is -0.496 e. The van der Waals surface area contributed by atoms with Gasteiger partial charge < -0.3 is 15.4 Å². The fourth-order valence-electron chi connectivity index (χ4n) is 2.86. The lowest BCUT2D eigenvalue weighted by molar-refractivity contribution is 0.234. The molecule has 0 saturated heterocycles. The van der Waals surface area contributed by atoms with Gasteiger partial charge in [0.15, 0.2) is 0 Å². The van der Waals surface area contributed by atoms with Crippen LogP contribution in [0, 0.1) is 13.8 Å². The van der Waals surface area contributed by atoms with Crippen molar-refractivity contribution < 1.29 is 9.53 Å². The van der Waals surface area contributed by atoms with Gasteiger partial charge in [0, 0.05) is 5.56 Å². The van der Waals surface area contributed by atoms with E-state index in [9.17, 15) is 4.79 Å². The number of aryl methyl sites for hydroxylation is 2. The topological polar surface area (TPSA) is 50.4 Å². The molecule has 0 saturated carbocycles. The number of hydrogen-bond acceptors (Lipinski definition) is 2. The maximum Gasteiger partial charge on any atom is 0.315 e. The van der Waals surface area contributed by atoms with E-state index in [1.165, 1.54) is 5.56 Å². The van der Waals surface area contributed by atoms with Gasteiger partial charge in [-0.05, 0) is 44.9 Å². The van der Waals surface area contributed by atoms with Crippen molar-refractivity contribution in [2.75, 3.05) is 7.11 Å². The van der Waals surface area contributed by atoms with Crippen molar-refractivity contribution in [3.05, 3.63) is 64.7 Å². The molecule has 2 aromatic rings. The molecule has 0 aromatic heterocycles. The zero-order valence-corrected chi connectivity index (χ0v) is 15.0. The Morgan fingerprint density at radius 3 is 2.21 bits per heavy atom. The van der Waals surface area contributed by atoms with Crippen LogP contribution in [0.25, 0.3) is 0 Å². The first-order valence-corrected chi connectivity index (χ1v) is 8.19. The molecule has 24 heavy (non-hydrogen) atoms. The fraction of sp³-hybridized carbons (Fsp3) is 0.350. The van der Waals surface area contributed by atoms with Gasteiger partial charge in [-0.3, -0.25) is 0 Å². The predicted molar refractivity (Wildman–Crippen MR) is 97.4 cm³/mol. The lowest BCUT2D eigenvalue weighted by Crippen LogP contribution is -2.38. The zero-order chi connectivity index (χ0) is 17.7. The normalized spacial score (nSPS) is 13.0. The summed E-state index contributed by atoms with van der Waals surface area (Å²) in [5.74, 6) is 0.778.